The molecule has 1 aliphatic rings. The average molecular weight is 391 g/mol. The fourth-order valence-electron chi connectivity index (χ4n) is 2.37. The van der Waals surface area contributed by atoms with Gasteiger partial charge >= 0.3 is 0 Å². The van der Waals surface area contributed by atoms with E-state index in [9.17, 15) is 9.18 Å². The molecular formula is C14H19FIN3O. The topological polar surface area (TPSA) is 58.4 Å². The van der Waals surface area contributed by atoms with Crippen LogP contribution < -0.4 is 11.1 Å². The van der Waals surface area contributed by atoms with Crippen molar-refractivity contribution in [1.29, 1.82) is 0 Å². The van der Waals surface area contributed by atoms with Crippen LogP contribution in [0.1, 0.15) is 26.2 Å². The van der Waals surface area contributed by atoms with Crippen molar-refractivity contribution in [3.8, 4) is 0 Å². The maximum Gasteiger partial charge on any atom is 0.244 e. The number of hydrogen-bond donors (Lipinski definition) is 2. The van der Waals surface area contributed by atoms with Gasteiger partial charge in [0, 0.05) is 19.2 Å². The number of likely N-dealkylation sites (tertiary alicyclic amines) is 1. The Morgan fingerprint density at radius 3 is 2.70 bits per heavy atom. The summed E-state index contributed by atoms with van der Waals surface area (Å²) in [7, 11) is 0. The van der Waals surface area contributed by atoms with Crippen LogP contribution in [-0.2, 0) is 4.79 Å². The normalized spacial score (nSPS) is 16.9. The fraction of sp³-hybridized carbons (Fsp3) is 0.500. The highest BCUT2D eigenvalue weighted by molar-refractivity contribution is 14.1. The van der Waals surface area contributed by atoms with Gasteiger partial charge in [0.2, 0.25) is 5.91 Å². The average Bonchev–Trinajstić information content (AvgIpc) is 2.44. The molecule has 0 radical (unpaired) electrons. The fourth-order valence-corrected chi connectivity index (χ4v) is 2.86. The molecule has 1 aliphatic heterocycles. The van der Waals surface area contributed by atoms with Gasteiger partial charge in [-0.3, -0.25) is 4.79 Å². The number of hydrogen-bond acceptors (Lipinski definition) is 3. The number of nitrogens with two attached hydrogens (primary N) is 1. The van der Waals surface area contributed by atoms with Crippen molar-refractivity contribution in [2.24, 2.45) is 0 Å². The second-order valence-electron chi connectivity index (χ2n) is 5.11. The third-order valence-electron chi connectivity index (χ3n) is 3.50. The number of anilines is 2. The summed E-state index contributed by atoms with van der Waals surface area (Å²) in [5.74, 6) is -0.289. The van der Waals surface area contributed by atoms with Crippen molar-refractivity contribution in [2.75, 3.05) is 24.1 Å². The number of rotatable bonds is 3. The number of amides is 1. The molecule has 110 valence electrons. The summed E-state index contributed by atoms with van der Waals surface area (Å²) < 4.78 is 14.0. The number of halogens is 2. The van der Waals surface area contributed by atoms with E-state index in [2.05, 4.69) is 5.32 Å². The first-order valence-electron chi connectivity index (χ1n) is 6.79. The van der Waals surface area contributed by atoms with Crippen molar-refractivity contribution in [1.82, 2.24) is 4.90 Å². The molecule has 1 aromatic carbocycles. The molecule has 1 aromatic rings. The molecule has 1 fully saturated rings. The number of piperidine rings is 1. The smallest absolute Gasteiger partial charge is 0.244 e. The van der Waals surface area contributed by atoms with E-state index in [0.29, 0.717) is 14.9 Å². The van der Waals surface area contributed by atoms with Crippen LogP contribution >= 0.6 is 22.6 Å². The zero-order valence-corrected chi connectivity index (χ0v) is 13.6. The lowest BCUT2D eigenvalue weighted by Gasteiger charge is -2.30. The largest absolute Gasteiger partial charge is 0.397 e. The zero-order chi connectivity index (χ0) is 14.7. The maximum absolute atomic E-state index is 13.6. The Labute approximate surface area is 132 Å². The molecular weight excluding hydrogens is 372 g/mol. The van der Waals surface area contributed by atoms with E-state index >= 15 is 0 Å². The Morgan fingerprint density at radius 1 is 1.40 bits per heavy atom. The molecule has 2 rings (SSSR count). The first-order valence-corrected chi connectivity index (χ1v) is 7.86. The van der Waals surface area contributed by atoms with Gasteiger partial charge in [-0.05, 0) is 54.8 Å². The van der Waals surface area contributed by atoms with Gasteiger partial charge in [0.15, 0.2) is 0 Å². The number of nitrogen functional groups attached to an aromatic ring is 1. The highest BCUT2D eigenvalue weighted by Gasteiger charge is 2.22. The molecule has 1 saturated heterocycles. The molecule has 6 heteroatoms. The standard InChI is InChI=1S/C14H19FIN3O/c1-9(14(20)19-5-3-2-4-6-19)18-13-7-10(15)11(16)8-12(13)17/h7-9,18H,2-6,17H2,1H3. The van der Waals surface area contributed by atoms with Gasteiger partial charge in [0.25, 0.3) is 0 Å². The molecule has 0 spiro atoms. The molecule has 3 N–H and O–H groups in total. The van der Waals surface area contributed by atoms with Crippen LogP contribution in [0.5, 0.6) is 0 Å². The predicted octanol–water partition coefficient (Wildman–Crippen LogP) is 2.83. The van der Waals surface area contributed by atoms with E-state index in [-0.39, 0.29) is 11.7 Å². The Hall–Kier alpha value is -1.05. The quantitative estimate of drug-likeness (QED) is 0.616. The number of carbonyl (C=O) groups is 1. The second kappa shape index (κ2) is 6.60. The minimum absolute atomic E-state index is 0.0445. The van der Waals surface area contributed by atoms with Gasteiger partial charge in [0.05, 0.1) is 14.9 Å². The van der Waals surface area contributed by atoms with E-state index in [1.807, 2.05) is 27.5 Å². The SMILES string of the molecule is CC(Nc1cc(F)c(I)cc1N)C(=O)N1CCCCC1. The molecule has 1 amide bonds. The summed E-state index contributed by atoms with van der Waals surface area (Å²) in [6.07, 6.45) is 3.29. The monoisotopic (exact) mass is 391 g/mol. The van der Waals surface area contributed by atoms with Crippen molar-refractivity contribution in [2.45, 2.75) is 32.2 Å². The van der Waals surface area contributed by atoms with Crippen LogP contribution in [0.25, 0.3) is 0 Å². The summed E-state index contributed by atoms with van der Waals surface area (Å²) in [5.41, 5.74) is 6.78. The Bertz CT molecular complexity index is 503. The molecule has 1 atom stereocenters. The zero-order valence-electron chi connectivity index (χ0n) is 11.5. The van der Waals surface area contributed by atoms with Crippen LogP contribution in [0.4, 0.5) is 15.8 Å². The van der Waals surface area contributed by atoms with Crippen LogP contribution in [0.3, 0.4) is 0 Å². The van der Waals surface area contributed by atoms with Gasteiger partial charge in [0.1, 0.15) is 11.9 Å². The highest BCUT2D eigenvalue weighted by atomic mass is 127. The highest BCUT2D eigenvalue weighted by Crippen LogP contribution is 2.25. The van der Waals surface area contributed by atoms with Crippen molar-refractivity contribution in [3.63, 3.8) is 0 Å². The molecule has 4 nitrogen and oxygen atoms in total. The third kappa shape index (κ3) is 3.53. The lowest BCUT2D eigenvalue weighted by molar-refractivity contribution is -0.132. The van der Waals surface area contributed by atoms with Crippen molar-refractivity contribution < 1.29 is 9.18 Å². The molecule has 0 aliphatic carbocycles. The van der Waals surface area contributed by atoms with Crippen LogP contribution in [0.15, 0.2) is 12.1 Å². The second-order valence-corrected chi connectivity index (χ2v) is 6.27. The molecule has 1 heterocycles. The van der Waals surface area contributed by atoms with Crippen molar-refractivity contribution >= 4 is 39.9 Å². The van der Waals surface area contributed by atoms with Crippen LogP contribution in [0, 0.1) is 9.39 Å². The van der Waals surface area contributed by atoms with Crippen LogP contribution in [-0.4, -0.2) is 29.9 Å². The van der Waals surface area contributed by atoms with Gasteiger partial charge < -0.3 is 16.0 Å². The van der Waals surface area contributed by atoms with E-state index in [0.717, 1.165) is 25.9 Å². The summed E-state index contributed by atoms with van der Waals surface area (Å²) in [6, 6.07) is 2.50. The van der Waals surface area contributed by atoms with Crippen molar-refractivity contribution in [3.05, 3.63) is 21.5 Å². The number of carbonyl (C=O) groups excluding carboxylic acids is 1. The third-order valence-corrected chi connectivity index (χ3v) is 4.33. The predicted molar refractivity (Wildman–Crippen MR) is 87.0 cm³/mol. The lowest BCUT2D eigenvalue weighted by atomic mass is 10.1. The summed E-state index contributed by atoms with van der Waals surface area (Å²) in [6.45, 7) is 3.40. The van der Waals surface area contributed by atoms with E-state index in [1.165, 1.54) is 12.5 Å². The minimum Gasteiger partial charge on any atom is -0.397 e. The first-order chi connectivity index (χ1) is 9.49. The summed E-state index contributed by atoms with van der Waals surface area (Å²) in [4.78, 5) is 14.2. The summed E-state index contributed by atoms with van der Waals surface area (Å²) in [5, 5.41) is 3.02. The Kier molecular flexibility index (Phi) is 5.06. The Morgan fingerprint density at radius 2 is 2.05 bits per heavy atom. The van der Waals surface area contributed by atoms with E-state index in [1.54, 1.807) is 13.0 Å². The maximum atomic E-state index is 13.6. The number of nitrogens with zero attached hydrogens (tertiary/aromatic N) is 1. The van der Waals surface area contributed by atoms with Gasteiger partial charge in [-0.1, -0.05) is 0 Å². The molecule has 0 saturated carbocycles. The number of nitrogens with one attached hydrogen (secondary N) is 1. The molecule has 0 bridgehead atoms. The van der Waals surface area contributed by atoms with Gasteiger partial charge in [-0.15, -0.1) is 0 Å². The Balaban J connectivity index is 2.05. The van der Waals surface area contributed by atoms with E-state index < -0.39 is 6.04 Å². The molecule has 0 aromatic heterocycles. The molecule has 20 heavy (non-hydrogen) atoms. The van der Waals surface area contributed by atoms with Gasteiger partial charge in [-0.25, -0.2) is 4.39 Å². The molecule has 1 unspecified atom stereocenters. The number of benzene rings is 1. The minimum atomic E-state index is -0.408. The summed E-state index contributed by atoms with van der Waals surface area (Å²) >= 11 is 1.89. The lowest BCUT2D eigenvalue weighted by Crippen LogP contribution is -2.44. The first kappa shape index (κ1) is 15.3. The van der Waals surface area contributed by atoms with Crippen LogP contribution in [0.2, 0.25) is 0 Å². The van der Waals surface area contributed by atoms with E-state index in [4.69, 9.17) is 5.73 Å². The van der Waals surface area contributed by atoms with Gasteiger partial charge in [-0.2, -0.15) is 0 Å².